The molecule has 0 N–H and O–H groups in total. The van der Waals surface area contributed by atoms with Gasteiger partial charge in [-0.3, -0.25) is 0 Å². The van der Waals surface area contributed by atoms with E-state index >= 15 is 0 Å². The van der Waals surface area contributed by atoms with Gasteiger partial charge in [-0.1, -0.05) is 12.7 Å². The van der Waals surface area contributed by atoms with Gasteiger partial charge in [-0.15, -0.1) is 0 Å². The summed E-state index contributed by atoms with van der Waals surface area (Å²) in [7, 11) is 3.23. The highest BCUT2D eigenvalue weighted by Crippen LogP contribution is 2.35. The molecule has 1 aromatic carbocycles. The number of hydrogen-bond donors (Lipinski definition) is 0. The molecule has 0 radical (unpaired) electrons. The number of hydrogen-bond acceptors (Lipinski definition) is 2. The van der Waals surface area contributed by atoms with Gasteiger partial charge in [0.1, 0.15) is 16.0 Å². The van der Waals surface area contributed by atoms with Gasteiger partial charge in [0.25, 0.3) is 0 Å². The van der Waals surface area contributed by atoms with Crippen molar-refractivity contribution in [2.24, 2.45) is 0 Å². The zero-order valence-corrected chi connectivity index (χ0v) is 9.22. The molecule has 0 aliphatic heterocycles. The monoisotopic (exact) mass is 242 g/mol. The van der Waals surface area contributed by atoms with E-state index in [0.29, 0.717) is 0 Å². The molecule has 1 aromatic rings. The molecule has 0 atom stereocenters. The van der Waals surface area contributed by atoms with Crippen LogP contribution in [0, 0.1) is 0 Å². The molecule has 0 saturated carbocycles. The van der Waals surface area contributed by atoms with Gasteiger partial charge in [0.2, 0.25) is 0 Å². The molecule has 2 nitrogen and oxygen atoms in total. The molecule has 0 aromatic heterocycles. The molecule has 0 aliphatic carbocycles. The summed E-state index contributed by atoms with van der Waals surface area (Å²) >= 11 is 3.38. The molecule has 0 saturated heterocycles. The lowest BCUT2D eigenvalue weighted by atomic mass is 10.2. The van der Waals surface area contributed by atoms with Crippen LogP contribution in [-0.4, -0.2) is 14.2 Å². The highest BCUT2D eigenvalue weighted by atomic mass is 79.9. The second-order valence-electron chi connectivity index (χ2n) is 2.44. The molecule has 0 fully saturated rings. The largest absolute Gasteiger partial charge is 0.495 e. The lowest BCUT2D eigenvalue weighted by molar-refractivity contribution is 0.389. The second-order valence-corrected chi connectivity index (χ2v) is 3.24. The fourth-order valence-corrected chi connectivity index (χ4v) is 1.56. The predicted octanol–water partition coefficient (Wildman–Crippen LogP) is 3.11. The Hall–Kier alpha value is -0.960. The van der Waals surface area contributed by atoms with E-state index < -0.39 is 0 Å². The van der Waals surface area contributed by atoms with Crippen LogP contribution in [0.3, 0.4) is 0 Å². The number of benzene rings is 1. The minimum absolute atomic E-state index is 0.745. The van der Waals surface area contributed by atoms with Crippen molar-refractivity contribution in [1.29, 1.82) is 0 Å². The summed E-state index contributed by atoms with van der Waals surface area (Å²) in [4.78, 5) is 0. The van der Waals surface area contributed by atoms with Gasteiger partial charge < -0.3 is 9.47 Å². The summed E-state index contributed by atoms with van der Waals surface area (Å²) in [6.07, 6.45) is 1.75. The third-order valence-corrected chi connectivity index (χ3v) is 2.49. The van der Waals surface area contributed by atoms with Crippen LogP contribution in [0.2, 0.25) is 0 Å². The Bertz CT molecular complexity index is 296. The first kappa shape index (κ1) is 10.1. The molecule has 0 aliphatic rings. The quantitative estimate of drug-likeness (QED) is 0.812. The molecule has 0 bridgehead atoms. The lowest BCUT2D eigenvalue weighted by Gasteiger charge is -2.09. The minimum atomic E-state index is 0.745. The average molecular weight is 243 g/mol. The van der Waals surface area contributed by atoms with E-state index in [9.17, 15) is 0 Å². The number of ether oxygens (including phenoxy) is 2. The third-order valence-electron chi connectivity index (χ3n) is 1.70. The Balaban J connectivity index is 3.28. The first-order valence-corrected chi connectivity index (χ1v) is 4.56. The fourth-order valence-electron chi connectivity index (χ4n) is 1.01. The minimum Gasteiger partial charge on any atom is -0.495 e. The van der Waals surface area contributed by atoms with Crippen LogP contribution in [0.1, 0.15) is 5.56 Å². The fraction of sp³-hybridized carbons (Fsp3) is 0.200. The molecule has 0 amide bonds. The first-order valence-electron chi connectivity index (χ1n) is 3.77. The van der Waals surface area contributed by atoms with Crippen LogP contribution < -0.4 is 9.47 Å². The molecular weight excluding hydrogens is 232 g/mol. The maximum Gasteiger partial charge on any atom is 0.137 e. The zero-order chi connectivity index (χ0) is 9.84. The van der Waals surface area contributed by atoms with E-state index in [1.54, 1.807) is 20.3 Å². The van der Waals surface area contributed by atoms with E-state index in [0.717, 1.165) is 21.5 Å². The topological polar surface area (TPSA) is 18.5 Å². The van der Waals surface area contributed by atoms with E-state index in [-0.39, 0.29) is 0 Å². The van der Waals surface area contributed by atoms with Crippen molar-refractivity contribution in [3.63, 3.8) is 0 Å². The van der Waals surface area contributed by atoms with Crippen LogP contribution in [0.25, 0.3) is 6.08 Å². The zero-order valence-electron chi connectivity index (χ0n) is 7.63. The smallest absolute Gasteiger partial charge is 0.137 e. The Morgan fingerprint density at radius 3 is 2.00 bits per heavy atom. The summed E-state index contributed by atoms with van der Waals surface area (Å²) in [5.74, 6) is 1.49. The van der Waals surface area contributed by atoms with Crippen LogP contribution >= 0.6 is 15.9 Å². The van der Waals surface area contributed by atoms with Crippen LogP contribution in [0.4, 0.5) is 0 Å². The SMILES string of the molecule is C=Cc1cc(OC)c(Br)c(OC)c1. The number of methoxy groups -OCH3 is 2. The molecule has 0 heterocycles. The van der Waals surface area contributed by atoms with E-state index in [4.69, 9.17) is 9.47 Å². The summed E-state index contributed by atoms with van der Waals surface area (Å²) in [6.45, 7) is 3.68. The molecule has 13 heavy (non-hydrogen) atoms. The predicted molar refractivity (Wildman–Crippen MR) is 57.3 cm³/mol. The first-order chi connectivity index (χ1) is 6.22. The molecule has 0 unspecified atom stereocenters. The summed E-state index contributed by atoms with van der Waals surface area (Å²) < 4.78 is 11.1. The number of halogens is 1. The molecule has 3 heteroatoms. The lowest BCUT2D eigenvalue weighted by Crippen LogP contribution is -1.90. The number of rotatable bonds is 3. The van der Waals surface area contributed by atoms with Crippen molar-refractivity contribution in [3.05, 3.63) is 28.7 Å². The maximum atomic E-state index is 5.16. The van der Waals surface area contributed by atoms with Crippen LogP contribution in [0.15, 0.2) is 23.2 Å². The van der Waals surface area contributed by atoms with Gasteiger partial charge in [-0.05, 0) is 33.6 Å². The van der Waals surface area contributed by atoms with E-state index in [1.165, 1.54) is 0 Å². The standard InChI is InChI=1S/C10H11BrO2/c1-4-7-5-8(12-2)10(11)9(6-7)13-3/h4-6H,1H2,2-3H3. The molecular formula is C10H11BrO2. The van der Waals surface area contributed by atoms with Crippen molar-refractivity contribution >= 4 is 22.0 Å². The summed E-state index contributed by atoms with van der Waals surface area (Å²) in [5.41, 5.74) is 0.969. The van der Waals surface area contributed by atoms with Gasteiger partial charge in [0.05, 0.1) is 14.2 Å². The average Bonchev–Trinajstić information content (AvgIpc) is 2.18. The second kappa shape index (κ2) is 4.33. The van der Waals surface area contributed by atoms with E-state index in [2.05, 4.69) is 22.5 Å². The van der Waals surface area contributed by atoms with Crippen molar-refractivity contribution in [3.8, 4) is 11.5 Å². The van der Waals surface area contributed by atoms with E-state index in [1.807, 2.05) is 12.1 Å². The summed E-state index contributed by atoms with van der Waals surface area (Å²) in [6, 6.07) is 3.78. The molecule has 1 rings (SSSR count). The highest BCUT2D eigenvalue weighted by molar-refractivity contribution is 9.10. The highest BCUT2D eigenvalue weighted by Gasteiger charge is 2.07. The van der Waals surface area contributed by atoms with Crippen molar-refractivity contribution in [2.45, 2.75) is 0 Å². The van der Waals surface area contributed by atoms with Gasteiger partial charge in [-0.25, -0.2) is 0 Å². The molecule has 0 spiro atoms. The van der Waals surface area contributed by atoms with Crippen molar-refractivity contribution in [1.82, 2.24) is 0 Å². The maximum absolute atomic E-state index is 5.16. The third kappa shape index (κ3) is 2.04. The van der Waals surface area contributed by atoms with Gasteiger partial charge in [0, 0.05) is 0 Å². The Morgan fingerprint density at radius 2 is 1.69 bits per heavy atom. The Morgan fingerprint density at radius 1 is 1.23 bits per heavy atom. The summed E-state index contributed by atoms with van der Waals surface area (Å²) in [5, 5.41) is 0. The Labute approximate surface area is 86.3 Å². The Kier molecular flexibility index (Phi) is 3.37. The van der Waals surface area contributed by atoms with Crippen molar-refractivity contribution < 1.29 is 9.47 Å². The van der Waals surface area contributed by atoms with Crippen molar-refractivity contribution in [2.75, 3.05) is 14.2 Å². The van der Waals surface area contributed by atoms with Gasteiger partial charge >= 0.3 is 0 Å². The van der Waals surface area contributed by atoms with Gasteiger partial charge in [0.15, 0.2) is 0 Å². The normalized spacial score (nSPS) is 9.46. The van der Waals surface area contributed by atoms with Crippen LogP contribution in [-0.2, 0) is 0 Å². The van der Waals surface area contributed by atoms with Crippen LogP contribution in [0.5, 0.6) is 11.5 Å². The molecule has 70 valence electrons. The van der Waals surface area contributed by atoms with Gasteiger partial charge in [-0.2, -0.15) is 0 Å².